The van der Waals surface area contributed by atoms with Crippen molar-refractivity contribution >= 4 is 23.4 Å². The second-order valence-corrected chi connectivity index (χ2v) is 8.74. The molecule has 1 saturated heterocycles. The number of benzene rings is 2. The number of carbonyl (C=O) groups is 3. The Balaban J connectivity index is 1.82. The highest BCUT2D eigenvalue weighted by atomic mass is 16.5. The lowest BCUT2D eigenvalue weighted by Crippen LogP contribution is -2.35. The molecule has 2 aromatic carbocycles. The molecule has 2 aliphatic rings. The highest BCUT2D eigenvalue weighted by Crippen LogP contribution is 2.40. The molecule has 1 amide bonds. The van der Waals surface area contributed by atoms with Crippen LogP contribution in [0.4, 0.5) is 0 Å². The Hall–Kier alpha value is -3.65. The minimum atomic E-state index is -0.817. The van der Waals surface area contributed by atoms with Gasteiger partial charge in [0.05, 0.1) is 18.2 Å². The predicted octanol–water partition coefficient (Wildman–Crippen LogP) is 2.92. The molecule has 2 aromatic rings. The van der Waals surface area contributed by atoms with Crippen molar-refractivity contribution in [3.63, 3.8) is 0 Å². The second-order valence-electron chi connectivity index (χ2n) is 8.74. The fraction of sp³-hybridized carbons (Fsp3) is 0.346. The monoisotopic (exact) mass is 464 g/mol. The Kier molecular flexibility index (Phi) is 6.70. The SMILES string of the molecule is CC(=O)Oc1cccc(C2/C(=C(/O)c3ccc4c(c3)CCCO4)C(=O)C(=O)N2CCN(C)C)c1. The Morgan fingerprint density at radius 2 is 2.00 bits per heavy atom. The number of likely N-dealkylation sites (tertiary alicyclic amines) is 1. The summed E-state index contributed by atoms with van der Waals surface area (Å²) in [6.07, 6.45) is 1.68. The minimum Gasteiger partial charge on any atom is -0.507 e. The van der Waals surface area contributed by atoms with Gasteiger partial charge in [0.25, 0.3) is 11.7 Å². The lowest BCUT2D eigenvalue weighted by Gasteiger charge is -2.27. The topological polar surface area (TPSA) is 96.4 Å². The molecule has 8 nitrogen and oxygen atoms in total. The maximum atomic E-state index is 13.2. The normalized spacial score (nSPS) is 19.2. The van der Waals surface area contributed by atoms with Crippen LogP contribution in [-0.2, 0) is 20.8 Å². The molecule has 0 saturated carbocycles. The standard InChI is InChI=1S/C26H28N2O6/c1-16(29)34-20-8-4-6-18(15-20)23-22(25(31)26(32)28(23)12-11-27(2)3)24(30)19-9-10-21-17(14-19)7-5-13-33-21/h4,6,8-10,14-15,23,30H,5,7,11-13H2,1-3H3/b24-22-. The van der Waals surface area contributed by atoms with Crippen molar-refractivity contribution < 1.29 is 29.0 Å². The van der Waals surface area contributed by atoms with Crippen molar-refractivity contribution in [3.05, 3.63) is 64.7 Å². The number of Topliss-reactive ketones (excluding diaryl/α,β-unsaturated/α-hetero) is 1. The van der Waals surface area contributed by atoms with Gasteiger partial charge in [-0.15, -0.1) is 0 Å². The Morgan fingerprint density at radius 3 is 2.74 bits per heavy atom. The number of ketones is 1. The number of aliphatic hydroxyl groups excluding tert-OH is 1. The first-order chi connectivity index (χ1) is 16.3. The number of amides is 1. The predicted molar refractivity (Wildman–Crippen MR) is 126 cm³/mol. The summed E-state index contributed by atoms with van der Waals surface area (Å²) in [7, 11) is 3.75. The molecule has 0 aliphatic carbocycles. The Morgan fingerprint density at radius 1 is 1.21 bits per heavy atom. The molecule has 0 radical (unpaired) electrons. The molecular weight excluding hydrogens is 436 g/mol. The van der Waals surface area contributed by atoms with Crippen LogP contribution in [0.25, 0.3) is 5.76 Å². The third kappa shape index (κ3) is 4.68. The number of fused-ring (bicyclic) bond motifs is 1. The van der Waals surface area contributed by atoms with Gasteiger partial charge in [-0.05, 0) is 68.4 Å². The highest BCUT2D eigenvalue weighted by Gasteiger charge is 2.46. The maximum Gasteiger partial charge on any atom is 0.308 e. The third-order valence-electron chi connectivity index (χ3n) is 5.95. The fourth-order valence-electron chi connectivity index (χ4n) is 4.34. The van der Waals surface area contributed by atoms with Crippen LogP contribution in [0.15, 0.2) is 48.0 Å². The zero-order valence-electron chi connectivity index (χ0n) is 19.5. The van der Waals surface area contributed by atoms with Gasteiger partial charge in [-0.25, -0.2) is 0 Å². The van der Waals surface area contributed by atoms with E-state index < -0.39 is 23.7 Å². The number of nitrogens with zero attached hydrogens (tertiary/aromatic N) is 2. The summed E-state index contributed by atoms with van der Waals surface area (Å²) in [4.78, 5) is 41.1. The van der Waals surface area contributed by atoms with Gasteiger partial charge in [0, 0.05) is 25.6 Å². The van der Waals surface area contributed by atoms with E-state index in [0.29, 0.717) is 30.0 Å². The summed E-state index contributed by atoms with van der Waals surface area (Å²) >= 11 is 0. The number of aliphatic hydroxyl groups is 1. The van der Waals surface area contributed by atoms with Gasteiger partial charge >= 0.3 is 5.97 Å². The Bertz CT molecular complexity index is 1170. The van der Waals surface area contributed by atoms with E-state index in [1.165, 1.54) is 11.8 Å². The molecule has 1 N–H and O–H groups in total. The molecule has 1 unspecified atom stereocenters. The largest absolute Gasteiger partial charge is 0.507 e. The average molecular weight is 465 g/mol. The molecule has 4 rings (SSSR count). The van der Waals surface area contributed by atoms with E-state index in [1.54, 1.807) is 36.4 Å². The molecule has 34 heavy (non-hydrogen) atoms. The summed E-state index contributed by atoms with van der Waals surface area (Å²) < 4.78 is 10.9. The number of hydrogen-bond acceptors (Lipinski definition) is 7. The van der Waals surface area contributed by atoms with Crippen LogP contribution in [0.5, 0.6) is 11.5 Å². The van der Waals surface area contributed by atoms with Crippen LogP contribution in [0.2, 0.25) is 0 Å². The van der Waals surface area contributed by atoms with E-state index in [1.807, 2.05) is 25.1 Å². The number of likely N-dealkylation sites (N-methyl/N-ethyl adjacent to an activating group) is 1. The molecule has 1 atom stereocenters. The van der Waals surface area contributed by atoms with Gasteiger partial charge in [0.2, 0.25) is 0 Å². The zero-order valence-corrected chi connectivity index (χ0v) is 19.5. The number of hydrogen-bond donors (Lipinski definition) is 1. The van der Waals surface area contributed by atoms with Gasteiger partial charge in [0.1, 0.15) is 17.3 Å². The smallest absolute Gasteiger partial charge is 0.308 e. The van der Waals surface area contributed by atoms with Crippen molar-refractivity contribution in [2.24, 2.45) is 0 Å². The van der Waals surface area contributed by atoms with Gasteiger partial charge < -0.3 is 24.4 Å². The molecule has 8 heteroatoms. The van der Waals surface area contributed by atoms with E-state index in [9.17, 15) is 19.5 Å². The second kappa shape index (κ2) is 9.69. The lowest BCUT2D eigenvalue weighted by atomic mass is 9.94. The fourth-order valence-corrected chi connectivity index (χ4v) is 4.34. The zero-order chi connectivity index (χ0) is 24.4. The van der Waals surface area contributed by atoms with Gasteiger partial charge in [-0.1, -0.05) is 12.1 Å². The van der Waals surface area contributed by atoms with E-state index in [2.05, 4.69) is 0 Å². The van der Waals surface area contributed by atoms with Gasteiger partial charge in [-0.3, -0.25) is 14.4 Å². The van der Waals surface area contributed by atoms with Crippen LogP contribution < -0.4 is 9.47 Å². The number of rotatable bonds is 6. The molecule has 0 aromatic heterocycles. The van der Waals surface area contributed by atoms with Crippen molar-refractivity contribution in [1.29, 1.82) is 0 Å². The van der Waals surface area contributed by atoms with Gasteiger partial charge in [0.15, 0.2) is 0 Å². The van der Waals surface area contributed by atoms with E-state index in [0.717, 1.165) is 24.2 Å². The van der Waals surface area contributed by atoms with Crippen LogP contribution in [0, 0.1) is 0 Å². The first kappa shape index (κ1) is 23.5. The van der Waals surface area contributed by atoms with Crippen molar-refractivity contribution in [1.82, 2.24) is 9.80 Å². The van der Waals surface area contributed by atoms with E-state index in [4.69, 9.17) is 9.47 Å². The molecule has 0 bridgehead atoms. The van der Waals surface area contributed by atoms with E-state index in [-0.39, 0.29) is 17.9 Å². The molecule has 178 valence electrons. The number of esters is 1. The first-order valence-corrected chi connectivity index (χ1v) is 11.2. The minimum absolute atomic E-state index is 0.0143. The highest BCUT2D eigenvalue weighted by molar-refractivity contribution is 6.46. The molecule has 1 fully saturated rings. The van der Waals surface area contributed by atoms with Crippen LogP contribution in [-0.4, -0.2) is 66.4 Å². The first-order valence-electron chi connectivity index (χ1n) is 11.2. The summed E-state index contributed by atoms with van der Waals surface area (Å²) in [6.45, 7) is 2.77. The van der Waals surface area contributed by atoms with Crippen molar-refractivity contribution in [2.45, 2.75) is 25.8 Å². The van der Waals surface area contributed by atoms with Crippen LogP contribution >= 0.6 is 0 Å². The van der Waals surface area contributed by atoms with Gasteiger partial charge in [-0.2, -0.15) is 0 Å². The summed E-state index contributed by atoms with van der Waals surface area (Å²) in [5, 5.41) is 11.3. The van der Waals surface area contributed by atoms with Crippen LogP contribution in [0.1, 0.15) is 36.1 Å². The number of ether oxygens (including phenoxy) is 2. The number of carbonyl (C=O) groups excluding carboxylic acids is 3. The maximum absolute atomic E-state index is 13.2. The molecule has 2 heterocycles. The lowest BCUT2D eigenvalue weighted by molar-refractivity contribution is -0.140. The van der Waals surface area contributed by atoms with Crippen molar-refractivity contribution in [3.8, 4) is 11.5 Å². The molecular formula is C26H28N2O6. The summed E-state index contributed by atoms with van der Waals surface area (Å²) in [5.74, 6) is -1.06. The average Bonchev–Trinajstić information content (AvgIpc) is 3.06. The van der Waals surface area contributed by atoms with Crippen molar-refractivity contribution in [2.75, 3.05) is 33.8 Å². The summed E-state index contributed by atoms with van der Waals surface area (Å²) in [6, 6.07) is 11.2. The quantitative estimate of drug-likeness (QED) is 0.231. The van der Waals surface area contributed by atoms with Crippen LogP contribution in [0.3, 0.4) is 0 Å². The molecule has 0 spiro atoms. The number of aryl methyl sites for hydroxylation is 1. The Labute approximate surface area is 198 Å². The summed E-state index contributed by atoms with van der Waals surface area (Å²) in [5.41, 5.74) is 1.99. The molecule has 2 aliphatic heterocycles. The third-order valence-corrected chi connectivity index (χ3v) is 5.95. The van der Waals surface area contributed by atoms with E-state index >= 15 is 0 Å².